The average molecular weight is 1100 g/mol. The smallest absolute Gasteiger partial charge is 0.121 e. The molecule has 1 aliphatic heterocycles. The van der Waals surface area contributed by atoms with Crippen LogP contribution in [0, 0.1) is 0 Å². The second kappa shape index (κ2) is 26.7. The average Bonchev–Trinajstić information content (AvgIpc) is 3.57. The molecular weight excluding hydrogens is 1040 g/mol. The summed E-state index contributed by atoms with van der Waals surface area (Å²) in [6, 6.07) is 59.4. The van der Waals surface area contributed by atoms with Crippen LogP contribution in [-0.4, -0.2) is 58.3 Å². The van der Waals surface area contributed by atoms with E-state index in [4.69, 9.17) is 0 Å². The molecule has 58 heavy (non-hydrogen) atoms. The van der Waals surface area contributed by atoms with Gasteiger partial charge in [0.15, 0.2) is 0 Å². The largest absolute Gasteiger partial charge is 0.165 e. The van der Waals surface area contributed by atoms with Crippen molar-refractivity contribution in [3.63, 3.8) is 0 Å². The molecule has 0 spiro atoms. The highest BCUT2D eigenvalue weighted by Gasteiger charge is 2.50. The Labute approximate surface area is 394 Å². The molecule has 0 atom stereocenters. The van der Waals surface area contributed by atoms with Crippen molar-refractivity contribution in [1.82, 2.24) is 0 Å². The van der Waals surface area contributed by atoms with Crippen LogP contribution in [0.1, 0.15) is 67.2 Å². The zero-order chi connectivity index (χ0) is 40.9. The molecule has 0 saturated heterocycles. The molecule has 0 amide bonds. The second-order valence-electron chi connectivity index (χ2n) is 16.3. The SMILES string of the molecule is CSCCC[Si](CCCBr)(CCCBr)CCC[Si]1(CCC[Si](CCCBr)CCCBr)C(c2ccccc2)=C(c2ccccc2)C(c2ccccc2)=C1c1ccccc1. The Hall–Kier alpha value is -0.719. The van der Waals surface area contributed by atoms with Crippen LogP contribution in [-0.2, 0) is 0 Å². The van der Waals surface area contributed by atoms with Crippen LogP contribution in [0.25, 0.3) is 21.5 Å². The molecule has 0 unspecified atom stereocenters. The van der Waals surface area contributed by atoms with Gasteiger partial charge in [-0.15, -0.1) is 0 Å². The van der Waals surface area contributed by atoms with E-state index in [0.29, 0.717) is 0 Å². The lowest BCUT2D eigenvalue weighted by Gasteiger charge is -2.38. The van der Waals surface area contributed by atoms with Gasteiger partial charge in [-0.3, -0.25) is 0 Å². The zero-order valence-corrected chi connectivity index (χ0v) is 45.0. The summed E-state index contributed by atoms with van der Waals surface area (Å²) in [5.74, 6) is 1.30. The van der Waals surface area contributed by atoms with E-state index >= 15 is 0 Å². The first-order chi connectivity index (χ1) is 28.6. The van der Waals surface area contributed by atoms with Gasteiger partial charge in [0.1, 0.15) is 8.07 Å². The predicted octanol–water partition coefficient (Wildman–Crippen LogP) is 17.4. The van der Waals surface area contributed by atoms with Crippen molar-refractivity contribution in [2.24, 2.45) is 0 Å². The van der Waals surface area contributed by atoms with Crippen LogP contribution in [0.15, 0.2) is 121 Å². The third-order valence-electron chi connectivity index (χ3n) is 12.5. The quantitative estimate of drug-likeness (QED) is 0.0310. The molecule has 4 aromatic rings. The van der Waals surface area contributed by atoms with Gasteiger partial charge in [0.25, 0.3) is 0 Å². The molecule has 1 heterocycles. The molecular formula is C50H65Br4SSi3. The molecule has 0 aliphatic carbocycles. The Bertz CT molecular complexity index is 1690. The van der Waals surface area contributed by atoms with Crippen molar-refractivity contribution in [1.29, 1.82) is 0 Å². The van der Waals surface area contributed by atoms with Crippen LogP contribution in [0.3, 0.4) is 0 Å². The Morgan fingerprint density at radius 3 is 1.22 bits per heavy atom. The molecule has 5 rings (SSSR count). The lowest BCUT2D eigenvalue weighted by atomic mass is 9.89. The first-order valence-electron chi connectivity index (χ1n) is 21.8. The van der Waals surface area contributed by atoms with Crippen molar-refractivity contribution < 1.29 is 0 Å². The fourth-order valence-corrected chi connectivity index (χ4v) is 28.5. The summed E-state index contributed by atoms with van der Waals surface area (Å²) in [4.78, 5) is 0. The molecule has 4 aromatic carbocycles. The maximum Gasteiger partial charge on any atom is 0.121 e. The van der Waals surface area contributed by atoms with Gasteiger partial charge in [0.05, 0.1) is 8.07 Å². The van der Waals surface area contributed by atoms with E-state index in [9.17, 15) is 0 Å². The van der Waals surface area contributed by atoms with Gasteiger partial charge in [-0.25, -0.2) is 0 Å². The first kappa shape index (κ1) is 48.3. The molecule has 0 N–H and O–H groups in total. The van der Waals surface area contributed by atoms with E-state index in [1.807, 2.05) is 11.8 Å². The van der Waals surface area contributed by atoms with E-state index in [0.717, 1.165) is 21.3 Å². The van der Waals surface area contributed by atoms with E-state index in [-0.39, 0.29) is 0 Å². The van der Waals surface area contributed by atoms with Gasteiger partial charge in [-0.2, -0.15) is 11.8 Å². The number of hydrogen-bond acceptors (Lipinski definition) is 1. The summed E-state index contributed by atoms with van der Waals surface area (Å²) in [5, 5.41) is 7.94. The van der Waals surface area contributed by atoms with Crippen LogP contribution in [0.4, 0.5) is 0 Å². The number of allylic oxidation sites excluding steroid dienone is 2. The molecule has 311 valence electrons. The number of alkyl halides is 4. The zero-order valence-electron chi connectivity index (χ0n) is 34.8. The number of hydrogen-bond donors (Lipinski definition) is 0. The Morgan fingerprint density at radius 1 is 0.448 bits per heavy atom. The van der Waals surface area contributed by atoms with Crippen molar-refractivity contribution in [2.45, 2.75) is 99.3 Å². The third-order valence-corrected chi connectivity index (χ3v) is 29.7. The summed E-state index contributed by atoms with van der Waals surface area (Å²) in [7, 11) is -4.38. The standard InChI is InChI=1S/C50H65Br4SSi3/c1-55-33-18-39-57(37-16-31-53,38-17-32-54)40-20-42-58(41-19-36-56(34-14-29-51)35-15-30-52)49(45-25-10-4-11-26-45)47(43-21-6-2-7-22-43)48(44-23-8-3-9-24-44)50(58)46-27-12-5-13-28-46/h2-13,21-28H,14-20,29-42H2,1H3. The minimum atomic E-state index is -2.44. The normalized spacial score (nSPS) is 14.2. The van der Waals surface area contributed by atoms with Crippen LogP contribution in [0.5, 0.6) is 0 Å². The number of thioether (sulfide) groups is 1. The molecule has 0 saturated carbocycles. The van der Waals surface area contributed by atoms with Crippen LogP contribution < -0.4 is 0 Å². The van der Waals surface area contributed by atoms with Gasteiger partial charge < -0.3 is 0 Å². The highest BCUT2D eigenvalue weighted by molar-refractivity contribution is 9.09. The lowest BCUT2D eigenvalue weighted by Crippen LogP contribution is -2.39. The van der Waals surface area contributed by atoms with E-state index in [2.05, 4.69) is 191 Å². The van der Waals surface area contributed by atoms with Gasteiger partial charge in [0.2, 0.25) is 0 Å². The summed E-state index contributed by atoms with van der Waals surface area (Å²) in [5.41, 5.74) is 8.68. The molecule has 1 radical (unpaired) electrons. The fourth-order valence-electron chi connectivity index (χ4n) is 9.96. The Morgan fingerprint density at radius 2 is 0.810 bits per heavy atom. The monoisotopic (exact) mass is 1100 g/mol. The third kappa shape index (κ3) is 13.4. The van der Waals surface area contributed by atoms with Crippen molar-refractivity contribution in [3.05, 3.63) is 144 Å². The molecule has 8 heteroatoms. The summed E-state index contributed by atoms with van der Waals surface area (Å²) in [6.45, 7) is 0. The maximum absolute atomic E-state index is 3.88. The summed E-state index contributed by atoms with van der Waals surface area (Å²) < 4.78 is 0. The summed E-state index contributed by atoms with van der Waals surface area (Å²) >= 11 is 17.4. The Kier molecular flexibility index (Phi) is 22.2. The highest BCUT2D eigenvalue weighted by atomic mass is 79.9. The van der Waals surface area contributed by atoms with Gasteiger partial charge in [-0.05, 0) is 100.0 Å². The highest BCUT2D eigenvalue weighted by Crippen LogP contribution is 2.59. The van der Waals surface area contributed by atoms with E-state index in [1.165, 1.54) is 138 Å². The van der Waals surface area contributed by atoms with E-state index < -0.39 is 24.9 Å². The molecule has 1 aliphatic rings. The van der Waals surface area contributed by atoms with Crippen molar-refractivity contribution in [3.8, 4) is 0 Å². The molecule has 0 bridgehead atoms. The summed E-state index contributed by atoms with van der Waals surface area (Å²) in [6.07, 6.45) is 11.6. The van der Waals surface area contributed by atoms with E-state index in [1.54, 1.807) is 10.4 Å². The maximum atomic E-state index is 3.88. The van der Waals surface area contributed by atoms with Crippen LogP contribution >= 0.6 is 75.5 Å². The van der Waals surface area contributed by atoms with Gasteiger partial charge in [0, 0.05) is 30.1 Å². The van der Waals surface area contributed by atoms with Crippen LogP contribution in [0.2, 0.25) is 54.4 Å². The molecule has 0 nitrogen and oxygen atoms in total. The van der Waals surface area contributed by atoms with Gasteiger partial charge >= 0.3 is 0 Å². The molecule has 0 aromatic heterocycles. The lowest BCUT2D eigenvalue weighted by molar-refractivity contribution is 0.883. The number of benzene rings is 4. The topological polar surface area (TPSA) is 0 Å². The number of halogens is 4. The number of rotatable bonds is 28. The minimum absolute atomic E-state index is 0.430. The second-order valence-corrected chi connectivity index (χ2v) is 32.6. The molecule has 0 fully saturated rings. The van der Waals surface area contributed by atoms with Gasteiger partial charge in [-0.1, -0.05) is 240 Å². The van der Waals surface area contributed by atoms with Crippen molar-refractivity contribution >= 4 is 122 Å². The minimum Gasteiger partial charge on any atom is -0.165 e. The fraction of sp³-hybridized carbons (Fsp3) is 0.440. The Balaban J connectivity index is 1.76. The predicted molar refractivity (Wildman–Crippen MR) is 286 cm³/mol. The van der Waals surface area contributed by atoms with Crippen molar-refractivity contribution in [2.75, 3.05) is 33.3 Å². The first-order valence-corrected chi connectivity index (χ1v) is 35.1.